The number of fused-ring (bicyclic) bond motifs is 1. The van der Waals surface area contributed by atoms with Gasteiger partial charge in [0.25, 0.3) is 0 Å². The van der Waals surface area contributed by atoms with Crippen LogP contribution >= 0.6 is 30.4 Å². The van der Waals surface area contributed by atoms with Crippen LogP contribution in [0.2, 0.25) is 0 Å². The van der Waals surface area contributed by atoms with Gasteiger partial charge in [-0.05, 0) is 72.2 Å². The molecule has 5 nitrogen and oxygen atoms in total. The highest BCUT2D eigenvalue weighted by atomic mass is 127. The number of rotatable bonds is 8. The Hall–Kier alpha value is -1.76. The van der Waals surface area contributed by atoms with Crippen LogP contribution in [0, 0.1) is 18.3 Å². The molecule has 1 atom stereocenters. The number of nitrogens with one attached hydrogen (secondary N) is 1. The number of benzene rings is 2. The Morgan fingerprint density at radius 2 is 2.28 bits per heavy atom. The SMILES string of the molecule is CNc1cc(C)c(-c2ccc3c(c2)CCCO3)c(C(C#N)OSI)c1CCC=O. The van der Waals surface area contributed by atoms with Crippen LogP contribution in [0.4, 0.5) is 5.69 Å². The first-order valence-electron chi connectivity index (χ1n) is 9.52. The van der Waals surface area contributed by atoms with Gasteiger partial charge >= 0.3 is 0 Å². The largest absolute Gasteiger partial charge is 0.493 e. The number of nitriles is 1. The second kappa shape index (κ2) is 10.3. The summed E-state index contributed by atoms with van der Waals surface area (Å²) in [7, 11) is 3.00. The van der Waals surface area contributed by atoms with Crippen LogP contribution in [0.1, 0.15) is 41.2 Å². The van der Waals surface area contributed by atoms with E-state index in [0.717, 1.165) is 74.2 Å². The summed E-state index contributed by atoms with van der Waals surface area (Å²) in [6.45, 7) is 2.80. The lowest BCUT2D eigenvalue weighted by Gasteiger charge is -2.24. The zero-order chi connectivity index (χ0) is 20.8. The number of aryl methyl sites for hydroxylation is 2. The zero-order valence-electron chi connectivity index (χ0n) is 16.5. The fourth-order valence-electron chi connectivity index (χ4n) is 3.94. The van der Waals surface area contributed by atoms with Crippen molar-refractivity contribution in [3.05, 3.63) is 46.5 Å². The van der Waals surface area contributed by atoms with Crippen molar-refractivity contribution in [2.24, 2.45) is 0 Å². The molecule has 2 aromatic carbocycles. The molecule has 152 valence electrons. The molecule has 29 heavy (non-hydrogen) atoms. The number of ether oxygens (including phenoxy) is 1. The van der Waals surface area contributed by atoms with Gasteiger partial charge in [0, 0.05) is 45.9 Å². The predicted octanol–water partition coefficient (Wildman–Crippen LogP) is 5.74. The fraction of sp³-hybridized carbons (Fsp3) is 0.364. The maximum atomic E-state index is 11.1. The Morgan fingerprint density at radius 3 is 2.97 bits per heavy atom. The van der Waals surface area contributed by atoms with Gasteiger partial charge in [0.15, 0.2) is 6.10 Å². The Kier molecular flexibility index (Phi) is 7.81. The maximum absolute atomic E-state index is 11.1. The van der Waals surface area contributed by atoms with Crippen LogP contribution in [-0.4, -0.2) is 19.9 Å². The van der Waals surface area contributed by atoms with Crippen LogP contribution in [0.25, 0.3) is 11.1 Å². The van der Waals surface area contributed by atoms with E-state index in [0.29, 0.717) is 12.8 Å². The Morgan fingerprint density at radius 1 is 1.45 bits per heavy atom. The van der Waals surface area contributed by atoms with E-state index < -0.39 is 6.10 Å². The molecule has 1 heterocycles. The minimum atomic E-state index is -0.743. The first kappa shape index (κ1) is 21.9. The maximum Gasteiger partial charge on any atom is 0.185 e. The summed E-state index contributed by atoms with van der Waals surface area (Å²) >= 11 is 2.03. The summed E-state index contributed by atoms with van der Waals surface area (Å²) in [5.74, 6) is 0.933. The van der Waals surface area contributed by atoms with Crippen molar-refractivity contribution in [2.75, 3.05) is 19.0 Å². The lowest BCUT2D eigenvalue weighted by Crippen LogP contribution is -2.11. The van der Waals surface area contributed by atoms with Gasteiger partial charge in [-0.25, -0.2) is 0 Å². The minimum Gasteiger partial charge on any atom is -0.493 e. The minimum absolute atomic E-state index is 0.387. The molecule has 1 unspecified atom stereocenters. The van der Waals surface area contributed by atoms with Crippen LogP contribution < -0.4 is 10.1 Å². The van der Waals surface area contributed by atoms with Gasteiger partial charge in [-0.15, -0.1) is 0 Å². The number of hydrogen-bond donors (Lipinski definition) is 1. The molecule has 0 saturated carbocycles. The molecule has 0 aliphatic carbocycles. The fourth-order valence-corrected chi connectivity index (χ4v) is 4.77. The Labute approximate surface area is 188 Å². The van der Waals surface area contributed by atoms with Crippen molar-refractivity contribution in [3.63, 3.8) is 0 Å². The molecule has 0 radical (unpaired) electrons. The van der Waals surface area contributed by atoms with Crippen molar-refractivity contribution >= 4 is 42.4 Å². The molecule has 1 N–H and O–H groups in total. The van der Waals surface area contributed by atoms with Gasteiger partial charge in [0.1, 0.15) is 18.1 Å². The summed E-state index contributed by atoms with van der Waals surface area (Å²) in [4.78, 5) is 11.1. The summed E-state index contributed by atoms with van der Waals surface area (Å²) in [5, 5.41) is 13.1. The quantitative estimate of drug-likeness (QED) is 0.271. The van der Waals surface area contributed by atoms with E-state index in [2.05, 4.69) is 23.5 Å². The van der Waals surface area contributed by atoms with E-state index in [1.54, 1.807) is 0 Å². The molecular weight excluding hydrogens is 499 g/mol. The molecule has 0 saturated heterocycles. The second-order valence-corrected chi connectivity index (χ2v) is 8.30. The monoisotopic (exact) mass is 522 g/mol. The molecular formula is C22H23IN2O3S. The molecule has 1 aliphatic rings. The molecule has 0 amide bonds. The molecule has 2 aromatic rings. The zero-order valence-corrected chi connectivity index (χ0v) is 19.4. The summed E-state index contributed by atoms with van der Waals surface area (Å²) in [6, 6.07) is 10.6. The molecule has 7 heteroatoms. The first-order valence-corrected chi connectivity index (χ1v) is 12.8. The van der Waals surface area contributed by atoms with Crippen molar-refractivity contribution in [2.45, 2.75) is 38.7 Å². The van der Waals surface area contributed by atoms with Gasteiger partial charge < -0.3 is 14.8 Å². The van der Waals surface area contributed by atoms with Gasteiger partial charge in [0.05, 0.1) is 15.8 Å². The highest BCUT2D eigenvalue weighted by molar-refractivity contribution is 14.2. The number of carbonyl (C=O) groups is 1. The van der Waals surface area contributed by atoms with Gasteiger partial charge in [-0.3, -0.25) is 4.18 Å². The van der Waals surface area contributed by atoms with Crippen LogP contribution in [0.5, 0.6) is 5.75 Å². The molecule has 3 rings (SSSR count). The van der Waals surface area contributed by atoms with E-state index in [1.807, 2.05) is 47.3 Å². The molecule has 0 fully saturated rings. The summed E-state index contributed by atoms with van der Waals surface area (Å²) < 4.78 is 11.5. The van der Waals surface area contributed by atoms with E-state index >= 15 is 0 Å². The third-order valence-corrected chi connectivity index (χ3v) is 6.05. The van der Waals surface area contributed by atoms with E-state index in [4.69, 9.17) is 8.92 Å². The van der Waals surface area contributed by atoms with Crippen molar-refractivity contribution in [3.8, 4) is 22.9 Å². The molecule has 0 spiro atoms. The predicted molar refractivity (Wildman–Crippen MR) is 125 cm³/mol. The number of halogens is 1. The first-order chi connectivity index (χ1) is 14.1. The lowest BCUT2D eigenvalue weighted by molar-refractivity contribution is -0.107. The smallest absolute Gasteiger partial charge is 0.185 e. The van der Waals surface area contributed by atoms with Crippen LogP contribution in [0.3, 0.4) is 0 Å². The summed E-state index contributed by atoms with van der Waals surface area (Å²) in [6.07, 6.45) is 3.08. The van der Waals surface area contributed by atoms with E-state index in [9.17, 15) is 10.1 Å². The second-order valence-electron chi connectivity index (χ2n) is 6.91. The molecule has 1 aliphatic heterocycles. The normalized spacial score (nSPS) is 13.7. The topological polar surface area (TPSA) is 71.3 Å². The molecule has 0 bridgehead atoms. The van der Waals surface area contributed by atoms with Crippen LogP contribution in [-0.2, 0) is 21.8 Å². The third-order valence-electron chi connectivity index (χ3n) is 5.17. The Balaban J connectivity index is 2.27. The average Bonchev–Trinajstić information content (AvgIpc) is 2.75. The van der Waals surface area contributed by atoms with Crippen molar-refractivity contribution < 1.29 is 13.7 Å². The standard InChI is InChI=1S/C22H23IN2O3S/c1-14-11-18(25-2)17(6-3-9-26)22(20(13-24)28-29-23)21(14)16-7-8-19-15(12-16)5-4-10-27-19/h7-9,11-12,20,25H,3-6,10H2,1-2H3. The van der Waals surface area contributed by atoms with Gasteiger partial charge in [0.2, 0.25) is 0 Å². The average molecular weight is 522 g/mol. The highest BCUT2D eigenvalue weighted by Crippen LogP contribution is 2.42. The highest BCUT2D eigenvalue weighted by Gasteiger charge is 2.26. The number of carbonyl (C=O) groups excluding carboxylic acids is 1. The summed E-state index contributed by atoms with van der Waals surface area (Å²) in [5.41, 5.74) is 6.98. The van der Waals surface area contributed by atoms with Crippen molar-refractivity contribution in [1.82, 2.24) is 0 Å². The molecule has 0 aromatic heterocycles. The Bertz CT molecular complexity index is 943. The van der Waals surface area contributed by atoms with Gasteiger partial charge in [-0.1, -0.05) is 6.07 Å². The van der Waals surface area contributed by atoms with Crippen molar-refractivity contribution in [1.29, 1.82) is 5.26 Å². The number of aldehydes is 1. The van der Waals surface area contributed by atoms with E-state index in [1.165, 1.54) is 5.56 Å². The lowest BCUT2D eigenvalue weighted by atomic mass is 9.85. The number of anilines is 1. The third kappa shape index (κ3) is 4.71. The number of nitrogens with zero attached hydrogens (tertiary/aromatic N) is 1. The van der Waals surface area contributed by atoms with Crippen LogP contribution in [0.15, 0.2) is 24.3 Å². The number of hydrogen-bond acceptors (Lipinski definition) is 6. The van der Waals surface area contributed by atoms with Gasteiger partial charge in [-0.2, -0.15) is 5.26 Å². The van der Waals surface area contributed by atoms with E-state index in [-0.39, 0.29) is 0 Å².